The van der Waals surface area contributed by atoms with Gasteiger partial charge >= 0.3 is 0 Å². The Morgan fingerprint density at radius 2 is 1.71 bits per heavy atom. The van der Waals surface area contributed by atoms with Gasteiger partial charge in [0.1, 0.15) is 5.82 Å². The van der Waals surface area contributed by atoms with Crippen LogP contribution in [-0.2, 0) is 12.3 Å². The molecule has 0 unspecified atom stereocenters. The maximum atomic E-state index is 14.0. The number of thioether (sulfide) groups is 1. The van der Waals surface area contributed by atoms with Crippen molar-refractivity contribution in [2.45, 2.75) is 31.0 Å². The lowest BCUT2D eigenvalue weighted by atomic mass is 10.1. The average molecular weight is 433 g/mol. The highest BCUT2D eigenvalue weighted by atomic mass is 32.2. The number of fused-ring (bicyclic) bond motifs is 1. The first-order valence-corrected chi connectivity index (χ1v) is 11.3. The zero-order chi connectivity index (χ0) is 21.8. The zero-order valence-electron chi connectivity index (χ0n) is 17.7. The molecule has 1 amide bonds. The SMILES string of the molecule is Cc1cc(C)cc(C(=O)NCCn2cc(SCc3ccccc3F)c3ccccc32)c1. The minimum absolute atomic E-state index is 0.0580. The monoisotopic (exact) mass is 432 g/mol. The van der Waals surface area contributed by atoms with Crippen LogP contribution in [0.3, 0.4) is 0 Å². The van der Waals surface area contributed by atoms with Crippen molar-refractivity contribution >= 4 is 28.6 Å². The van der Waals surface area contributed by atoms with Gasteiger partial charge in [-0.1, -0.05) is 53.6 Å². The third-order valence-corrected chi connectivity index (χ3v) is 6.31. The van der Waals surface area contributed by atoms with Crippen molar-refractivity contribution in [2.75, 3.05) is 6.54 Å². The third-order valence-electron chi connectivity index (χ3n) is 5.22. The fourth-order valence-electron chi connectivity index (χ4n) is 3.78. The predicted molar refractivity (Wildman–Crippen MR) is 126 cm³/mol. The number of aryl methyl sites for hydroxylation is 2. The minimum Gasteiger partial charge on any atom is -0.350 e. The second-order valence-electron chi connectivity index (χ2n) is 7.72. The first-order chi connectivity index (χ1) is 15.0. The van der Waals surface area contributed by atoms with Crippen molar-refractivity contribution in [1.82, 2.24) is 9.88 Å². The quantitative estimate of drug-likeness (QED) is 0.357. The molecule has 0 saturated carbocycles. The Morgan fingerprint density at radius 1 is 1.00 bits per heavy atom. The number of para-hydroxylation sites is 1. The summed E-state index contributed by atoms with van der Waals surface area (Å²) in [5.74, 6) is 0.342. The molecule has 4 rings (SSSR count). The van der Waals surface area contributed by atoms with Gasteiger partial charge in [-0.25, -0.2) is 4.39 Å². The molecular weight excluding hydrogens is 407 g/mol. The van der Waals surface area contributed by atoms with Gasteiger partial charge in [0.05, 0.1) is 0 Å². The molecule has 0 saturated heterocycles. The number of amides is 1. The first kappa shape index (κ1) is 21.2. The van der Waals surface area contributed by atoms with Gasteiger partial charge in [-0.3, -0.25) is 4.79 Å². The van der Waals surface area contributed by atoms with E-state index in [-0.39, 0.29) is 11.7 Å². The molecule has 0 fully saturated rings. The molecule has 3 aromatic carbocycles. The van der Waals surface area contributed by atoms with Crippen LogP contribution in [0.1, 0.15) is 27.0 Å². The Labute approximate surface area is 186 Å². The maximum absolute atomic E-state index is 14.0. The van der Waals surface area contributed by atoms with Crippen LogP contribution in [-0.4, -0.2) is 17.0 Å². The van der Waals surface area contributed by atoms with Gasteiger partial charge in [0.25, 0.3) is 5.91 Å². The van der Waals surface area contributed by atoms with E-state index in [1.807, 2.05) is 50.2 Å². The second-order valence-corrected chi connectivity index (χ2v) is 8.73. The molecule has 0 spiro atoms. The molecule has 3 nitrogen and oxygen atoms in total. The summed E-state index contributed by atoms with van der Waals surface area (Å²) in [6.07, 6.45) is 2.10. The molecule has 1 aromatic heterocycles. The number of halogens is 1. The number of rotatable bonds is 7. The Balaban J connectivity index is 1.45. The number of carbonyl (C=O) groups excluding carboxylic acids is 1. The van der Waals surface area contributed by atoms with Crippen LogP contribution in [0.2, 0.25) is 0 Å². The molecule has 0 radical (unpaired) electrons. The van der Waals surface area contributed by atoms with Crippen molar-refractivity contribution in [3.63, 3.8) is 0 Å². The van der Waals surface area contributed by atoms with Crippen LogP contribution in [0.4, 0.5) is 4.39 Å². The number of aromatic nitrogens is 1. The van der Waals surface area contributed by atoms with Gasteiger partial charge in [-0.2, -0.15) is 0 Å². The summed E-state index contributed by atoms with van der Waals surface area (Å²) in [6.45, 7) is 5.19. The molecule has 1 N–H and O–H groups in total. The summed E-state index contributed by atoms with van der Waals surface area (Å²) >= 11 is 1.63. The number of nitrogens with zero attached hydrogens (tertiary/aromatic N) is 1. The van der Waals surface area contributed by atoms with Crippen LogP contribution in [0.25, 0.3) is 10.9 Å². The highest BCUT2D eigenvalue weighted by Crippen LogP contribution is 2.32. The number of carbonyl (C=O) groups is 1. The van der Waals surface area contributed by atoms with E-state index in [4.69, 9.17) is 0 Å². The zero-order valence-corrected chi connectivity index (χ0v) is 18.5. The smallest absolute Gasteiger partial charge is 0.251 e. The molecule has 158 valence electrons. The van der Waals surface area contributed by atoms with E-state index in [1.165, 1.54) is 6.07 Å². The van der Waals surface area contributed by atoms with Gasteiger partial charge in [0.15, 0.2) is 0 Å². The van der Waals surface area contributed by atoms with E-state index in [1.54, 1.807) is 17.8 Å². The molecule has 5 heteroatoms. The van der Waals surface area contributed by atoms with Gasteiger partial charge < -0.3 is 9.88 Å². The molecule has 31 heavy (non-hydrogen) atoms. The standard InChI is InChI=1S/C26H25FN2OS/c1-18-13-19(2)15-21(14-18)26(30)28-11-12-29-16-25(22-8-4-6-10-24(22)29)31-17-20-7-3-5-9-23(20)27/h3-10,13-16H,11-12,17H2,1-2H3,(H,28,30). The summed E-state index contributed by atoms with van der Waals surface area (Å²) in [5, 5.41) is 4.17. The second kappa shape index (κ2) is 9.40. The largest absolute Gasteiger partial charge is 0.350 e. The van der Waals surface area contributed by atoms with Crippen LogP contribution in [0.5, 0.6) is 0 Å². The Bertz CT molecular complexity index is 1210. The van der Waals surface area contributed by atoms with Crippen molar-refractivity contribution in [3.05, 3.63) is 101 Å². The number of benzene rings is 3. The molecule has 0 aliphatic carbocycles. The lowest BCUT2D eigenvalue weighted by Gasteiger charge is -2.09. The highest BCUT2D eigenvalue weighted by molar-refractivity contribution is 7.98. The van der Waals surface area contributed by atoms with Crippen molar-refractivity contribution in [3.8, 4) is 0 Å². The Morgan fingerprint density at radius 3 is 2.48 bits per heavy atom. The van der Waals surface area contributed by atoms with Crippen molar-refractivity contribution in [2.24, 2.45) is 0 Å². The molecule has 4 aromatic rings. The summed E-state index contributed by atoms with van der Waals surface area (Å²) in [6, 6.07) is 21.0. The fourth-order valence-corrected chi connectivity index (χ4v) is 4.86. The van der Waals surface area contributed by atoms with Crippen molar-refractivity contribution in [1.29, 1.82) is 0 Å². The Hall–Kier alpha value is -3.05. The molecule has 0 aliphatic heterocycles. The number of hydrogen-bond donors (Lipinski definition) is 1. The lowest BCUT2D eigenvalue weighted by Crippen LogP contribution is -2.27. The van der Waals surface area contributed by atoms with Gasteiger partial charge in [0, 0.05) is 46.4 Å². The fraction of sp³-hybridized carbons (Fsp3) is 0.192. The normalized spacial score (nSPS) is 11.1. The van der Waals surface area contributed by atoms with Crippen LogP contribution in [0.15, 0.2) is 77.8 Å². The van der Waals surface area contributed by atoms with Crippen LogP contribution >= 0.6 is 11.8 Å². The molecule has 0 bridgehead atoms. The van der Waals surface area contributed by atoms with E-state index in [0.717, 1.165) is 26.9 Å². The molecule has 0 aliphatic rings. The number of nitrogens with one attached hydrogen (secondary N) is 1. The average Bonchev–Trinajstić information content (AvgIpc) is 3.10. The third kappa shape index (κ3) is 5.00. The predicted octanol–water partition coefficient (Wildman–Crippen LogP) is 6.12. The van der Waals surface area contributed by atoms with E-state index >= 15 is 0 Å². The van der Waals surface area contributed by atoms with Gasteiger partial charge in [0.2, 0.25) is 0 Å². The molecule has 0 atom stereocenters. The minimum atomic E-state index is -0.173. The summed E-state index contributed by atoms with van der Waals surface area (Å²) in [4.78, 5) is 13.7. The molecule has 1 heterocycles. The highest BCUT2D eigenvalue weighted by Gasteiger charge is 2.11. The van der Waals surface area contributed by atoms with Gasteiger partial charge in [-0.15, -0.1) is 11.8 Å². The first-order valence-electron chi connectivity index (χ1n) is 10.3. The summed E-state index contributed by atoms with van der Waals surface area (Å²) in [7, 11) is 0. The summed E-state index contributed by atoms with van der Waals surface area (Å²) < 4.78 is 16.1. The maximum Gasteiger partial charge on any atom is 0.251 e. The topological polar surface area (TPSA) is 34.0 Å². The van der Waals surface area contributed by atoms with E-state index in [2.05, 4.69) is 34.3 Å². The number of hydrogen-bond acceptors (Lipinski definition) is 2. The van der Waals surface area contributed by atoms with Crippen LogP contribution < -0.4 is 5.32 Å². The summed E-state index contributed by atoms with van der Waals surface area (Å²) in [5.41, 5.74) is 4.66. The Kier molecular flexibility index (Phi) is 6.42. The van der Waals surface area contributed by atoms with Gasteiger partial charge in [-0.05, 0) is 43.7 Å². The van der Waals surface area contributed by atoms with Crippen molar-refractivity contribution < 1.29 is 9.18 Å². The lowest BCUT2D eigenvalue weighted by molar-refractivity contribution is 0.0952. The van der Waals surface area contributed by atoms with E-state index in [9.17, 15) is 9.18 Å². The van der Waals surface area contributed by atoms with E-state index < -0.39 is 0 Å². The van der Waals surface area contributed by atoms with E-state index in [0.29, 0.717) is 30.0 Å². The van der Waals surface area contributed by atoms with Crippen LogP contribution in [0, 0.1) is 19.7 Å². The molecular formula is C26H25FN2OS.